The Bertz CT molecular complexity index is 742. The molecule has 0 saturated heterocycles. The van der Waals surface area contributed by atoms with Crippen LogP contribution in [0.5, 0.6) is 0 Å². The molecule has 1 saturated carbocycles. The molecule has 0 heterocycles. The standard InChI is InChI=1S/C21H24N2O2.ClH/c1-25-21(24)23(15-12-10-14(22)11-13-15)20-18-8-4-2-6-16(18)17-7-3-5-9-19(17)20;/h2-9,14-15,20H,10-13,22H2,1H3;1H. The lowest BCUT2D eigenvalue weighted by Gasteiger charge is -2.39. The lowest BCUT2D eigenvalue weighted by atomic mass is 9.89. The molecule has 0 radical (unpaired) electrons. The summed E-state index contributed by atoms with van der Waals surface area (Å²) in [7, 11) is 1.47. The van der Waals surface area contributed by atoms with Crippen LogP contribution in [0.4, 0.5) is 4.79 Å². The number of hydrogen-bond acceptors (Lipinski definition) is 3. The molecule has 2 aliphatic rings. The average Bonchev–Trinajstić information content (AvgIpc) is 2.98. The van der Waals surface area contributed by atoms with Gasteiger partial charge in [-0.15, -0.1) is 12.4 Å². The Morgan fingerprint density at radius 3 is 1.96 bits per heavy atom. The second-order valence-electron chi connectivity index (χ2n) is 7.02. The summed E-state index contributed by atoms with van der Waals surface area (Å²) in [4.78, 5) is 14.7. The summed E-state index contributed by atoms with van der Waals surface area (Å²) in [6.07, 6.45) is 3.51. The third-order valence-corrected chi connectivity index (χ3v) is 5.60. The largest absolute Gasteiger partial charge is 0.453 e. The molecular weight excluding hydrogens is 348 g/mol. The van der Waals surface area contributed by atoms with Crippen LogP contribution in [-0.4, -0.2) is 30.2 Å². The van der Waals surface area contributed by atoms with E-state index in [0.717, 1.165) is 25.7 Å². The third kappa shape index (κ3) is 3.08. The number of rotatable bonds is 2. The highest BCUT2D eigenvalue weighted by molar-refractivity contribution is 5.85. The van der Waals surface area contributed by atoms with Crippen LogP contribution in [0, 0.1) is 0 Å². The highest BCUT2D eigenvalue weighted by atomic mass is 35.5. The number of carbonyl (C=O) groups is 1. The number of methoxy groups -OCH3 is 1. The van der Waals surface area contributed by atoms with E-state index in [-0.39, 0.29) is 36.6 Å². The van der Waals surface area contributed by atoms with Gasteiger partial charge in [-0.1, -0.05) is 48.5 Å². The summed E-state index contributed by atoms with van der Waals surface area (Å²) in [5, 5.41) is 0. The zero-order valence-electron chi connectivity index (χ0n) is 14.9. The minimum atomic E-state index is -0.253. The lowest BCUT2D eigenvalue weighted by molar-refractivity contribution is 0.0771. The molecule has 2 aromatic rings. The number of hydrogen-bond donors (Lipinski definition) is 1. The van der Waals surface area contributed by atoms with Gasteiger partial charge in [0, 0.05) is 12.1 Å². The molecule has 2 aromatic carbocycles. The van der Waals surface area contributed by atoms with Crippen molar-refractivity contribution in [1.29, 1.82) is 0 Å². The van der Waals surface area contributed by atoms with Crippen molar-refractivity contribution in [3.05, 3.63) is 59.7 Å². The fourth-order valence-corrected chi connectivity index (χ4v) is 4.38. The molecule has 0 aliphatic heterocycles. The average molecular weight is 373 g/mol. The van der Waals surface area contributed by atoms with Crippen molar-refractivity contribution in [2.75, 3.05) is 7.11 Å². The smallest absolute Gasteiger partial charge is 0.410 e. The highest BCUT2D eigenvalue weighted by Gasteiger charge is 2.40. The first-order valence-electron chi connectivity index (χ1n) is 9.00. The third-order valence-electron chi connectivity index (χ3n) is 5.60. The molecule has 0 aromatic heterocycles. The Morgan fingerprint density at radius 2 is 1.46 bits per heavy atom. The van der Waals surface area contributed by atoms with Crippen LogP contribution in [0.3, 0.4) is 0 Å². The van der Waals surface area contributed by atoms with Crippen molar-refractivity contribution in [2.24, 2.45) is 5.73 Å². The Hall–Kier alpha value is -2.04. The number of nitrogens with two attached hydrogens (primary N) is 1. The van der Waals surface area contributed by atoms with Crippen molar-refractivity contribution in [1.82, 2.24) is 4.90 Å². The first-order valence-corrected chi connectivity index (χ1v) is 9.00. The van der Waals surface area contributed by atoms with E-state index < -0.39 is 0 Å². The monoisotopic (exact) mass is 372 g/mol. The summed E-state index contributed by atoms with van der Waals surface area (Å²) in [6.45, 7) is 0. The van der Waals surface area contributed by atoms with E-state index in [0.29, 0.717) is 0 Å². The topological polar surface area (TPSA) is 55.6 Å². The van der Waals surface area contributed by atoms with Gasteiger partial charge in [0.15, 0.2) is 0 Å². The molecule has 4 nitrogen and oxygen atoms in total. The van der Waals surface area contributed by atoms with E-state index in [2.05, 4.69) is 36.4 Å². The maximum Gasteiger partial charge on any atom is 0.410 e. The van der Waals surface area contributed by atoms with Gasteiger partial charge >= 0.3 is 6.09 Å². The molecule has 4 rings (SSSR count). The van der Waals surface area contributed by atoms with Crippen molar-refractivity contribution in [2.45, 2.75) is 43.8 Å². The number of halogens is 1. The van der Waals surface area contributed by atoms with Gasteiger partial charge in [0.05, 0.1) is 13.2 Å². The molecule has 0 unspecified atom stereocenters. The Morgan fingerprint density at radius 1 is 0.962 bits per heavy atom. The molecular formula is C21H25ClN2O2. The number of ether oxygens (including phenoxy) is 1. The zero-order valence-corrected chi connectivity index (χ0v) is 15.7. The normalized spacial score (nSPS) is 21.3. The van der Waals surface area contributed by atoms with Crippen LogP contribution in [0.2, 0.25) is 0 Å². The van der Waals surface area contributed by atoms with Crippen LogP contribution in [0.15, 0.2) is 48.5 Å². The van der Waals surface area contributed by atoms with E-state index in [4.69, 9.17) is 10.5 Å². The molecule has 2 N–H and O–H groups in total. The predicted molar refractivity (Wildman–Crippen MR) is 105 cm³/mol. The first-order chi connectivity index (χ1) is 12.2. The summed E-state index contributed by atoms with van der Waals surface area (Å²) >= 11 is 0. The summed E-state index contributed by atoms with van der Waals surface area (Å²) in [5.41, 5.74) is 10.9. The van der Waals surface area contributed by atoms with Gasteiger partial charge in [-0.05, 0) is 47.9 Å². The fourth-order valence-electron chi connectivity index (χ4n) is 4.38. The maximum atomic E-state index is 12.8. The molecule has 5 heteroatoms. The first kappa shape index (κ1) is 18.7. The Kier molecular flexibility index (Phi) is 5.54. The van der Waals surface area contributed by atoms with Gasteiger partial charge in [-0.3, -0.25) is 4.90 Å². The van der Waals surface area contributed by atoms with Gasteiger partial charge in [0.2, 0.25) is 0 Å². The lowest BCUT2D eigenvalue weighted by Crippen LogP contribution is -2.46. The number of carbonyl (C=O) groups excluding carboxylic acids is 1. The van der Waals surface area contributed by atoms with Gasteiger partial charge in [-0.25, -0.2) is 4.79 Å². The summed E-state index contributed by atoms with van der Waals surface area (Å²) < 4.78 is 5.19. The minimum absolute atomic E-state index is 0. The van der Waals surface area contributed by atoms with Gasteiger partial charge < -0.3 is 10.5 Å². The van der Waals surface area contributed by atoms with Crippen molar-refractivity contribution < 1.29 is 9.53 Å². The molecule has 1 fully saturated rings. The van der Waals surface area contributed by atoms with Crippen molar-refractivity contribution >= 4 is 18.5 Å². The maximum absolute atomic E-state index is 12.8. The Balaban J connectivity index is 0.00000196. The minimum Gasteiger partial charge on any atom is -0.453 e. The van der Waals surface area contributed by atoms with Crippen LogP contribution in [0.25, 0.3) is 11.1 Å². The number of amides is 1. The van der Waals surface area contributed by atoms with Crippen LogP contribution in [0.1, 0.15) is 42.9 Å². The van der Waals surface area contributed by atoms with Crippen molar-refractivity contribution in [3.63, 3.8) is 0 Å². The second-order valence-corrected chi connectivity index (χ2v) is 7.02. The molecule has 0 bridgehead atoms. The molecule has 138 valence electrons. The second kappa shape index (κ2) is 7.68. The van der Waals surface area contributed by atoms with E-state index >= 15 is 0 Å². The molecule has 0 atom stereocenters. The molecule has 26 heavy (non-hydrogen) atoms. The van der Waals surface area contributed by atoms with Gasteiger partial charge in [0.25, 0.3) is 0 Å². The van der Waals surface area contributed by atoms with E-state index in [1.54, 1.807) is 0 Å². The SMILES string of the molecule is COC(=O)N(C1CCC(N)CC1)C1c2ccccc2-c2ccccc21.Cl. The van der Waals surface area contributed by atoms with Crippen LogP contribution >= 0.6 is 12.4 Å². The van der Waals surface area contributed by atoms with Gasteiger partial charge in [0.1, 0.15) is 0 Å². The predicted octanol–water partition coefficient (Wildman–Crippen LogP) is 4.52. The number of nitrogens with zero attached hydrogens (tertiary/aromatic N) is 1. The fraction of sp³-hybridized carbons (Fsp3) is 0.381. The van der Waals surface area contributed by atoms with Gasteiger partial charge in [-0.2, -0.15) is 0 Å². The van der Waals surface area contributed by atoms with Crippen LogP contribution < -0.4 is 5.73 Å². The number of benzene rings is 2. The molecule has 0 spiro atoms. The summed E-state index contributed by atoms with van der Waals surface area (Å²) in [5.74, 6) is 0. The van der Waals surface area contributed by atoms with E-state index in [1.807, 2.05) is 17.0 Å². The molecule has 2 aliphatic carbocycles. The quantitative estimate of drug-likeness (QED) is 0.843. The zero-order chi connectivity index (χ0) is 17.4. The van der Waals surface area contributed by atoms with Crippen molar-refractivity contribution in [3.8, 4) is 11.1 Å². The van der Waals surface area contributed by atoms with Crippen LogP contribution in [-0.2, 0) is 4.74 Å². The van der Waals surface area contributed by atoms with E-state index in [1.165, 1.54) is 29.4 Å². The van der Waals surface area contributed by atoms with E-state index in [9.17, 15) is 4.79 Å². The Labute approximate surface area is 160 Å². The highest BCUT2D eigenvalue weighted by Crippen LogP contribution is 2.47. The molecule has 1 amide bonds. The number of fused-ring (bicyclic) bond motifs is 3. The summed E-state index contributed by atoms with van der Waals surface area (Å²) in [6, 6.07) is 17.1.